The van der Waals surface area contributed by atoms with E-state index in [4.69, 9.17) is 11.6 Å². The summed E-state index contributed by atoms with van der Waals surface area (Å²) in [6.07, 6.45) is 0.550. The molecule has 0 spiro atoms. The molecule has 0 bridgehead atoms. The molecule has 0 aliphatic rings. The molecular formula is C16H16ClF2N. The van der Waals surface area contributed by atoms with Gasteiger partial charge in [-0.3, -0.25) is 0 Å². The first kappa shape index (κ1) is 14.9. The standard InChI is InChI=1S/C16H16ClF2N/c1-2-20-15(10-11-6-8-12(18)9-7-11)16-13(17)4-3-5-14(16)19/h3-9,15,20H,2,10H2,1H3. The smallest absolute Gasteiger partial charge is 0.129 e. The van der Waals surface area contributed by atoms with Gasteiger partial charge < -0.3 is 5.32 Å². The summed E-state index contributed by atoms with van der Waals surface area (Å²) in [7, 11) is 0. The minimum absolute atomic E-state index is 0.237. The van der Waals surface area contributed by atoms with Crippen LogP contribution >= 0.6 is 11.6 Å². The number of benzene rings is 2. The van der Waals surface area contributed by atoms with Crippen molar-refractivity contribution in [2.24, 2.45) is 0 Å². The molecule has 2 aromatic carbocycles. The summed E-state index contributed by atoms with van der Waals surface area (Å²) in [5.41, 5.74) is 1.39. The van der Waals surface area contributed by atoms with Crippen LogP contribution in [0.15, 0.2) is 42.5 Å². The number of hydrogen-bond donors (Lipinski definition) is 1. The normalized spacial score (nSPS) is 12.4. The Morgan fingerprint density at radius 2 is 1.80 bits per heavy atom. The second-order valence-electron chi connectivity index (χ2n) is 4.58. The van der Waals surface area contributed by atoms with Gasteiger partial charge >= 0.3 is 0 Å². The van der Waals surface area contributed by atoms with Crippen LogP contribution in [0.1, 0.15) is 24.1 Å². The van der Waals surface area contributed by atoms with Crippen molar-refractivity contribution < 1.29 is 8.78 Å². The van der Waals surface area contributed by atoms with Gasteiger partial charge in [0.25, 0.3) is 0 Å². The van der Waals surface area contributed by atoms with Gasteiger partial charge in [0, 0.05) is 16.6 Å². The second-order valence-corrected chi connectivity index (χ2v) is 4.98. The van der Waals surface area contributed by atoms with Crippen molar-refractivity contribution in [1.29, 1.82) is 0 Å². The van der Waals surface area contributed by atoms with Crippen LogP contribution in [-0.4, -0.2) is 6.54 Å². The quantitative estimate of drug-likeness (QED) is 0.855. The number of nitrogens with one attached hydrogen (secondary N) is 1. The monoisotopic (exact) mass is 295 g/mol. The van der Waals surface area contributed by atoms with E-state index in [0.29, 0.717) is 23.6 Å². The van der Waals surface area contributed by atoms with Gasteiger partial charge in [0.15, 0.2) is 0 Å². The molecule has 0 amide bonds. The van der Waals surface area contributed by atoms with Crippen molar-refractivity contribution in [2.75, 3.05) is 6.54 Å². The van der Waals surface area contributed by atoms with Crippen molar-refractivity contribution in [2.45, 2.75) is 19.4 Å². The zero-order valence-electron chi connectivity index (χ0n) is 11.2. The molecule has 0 saturated heterocycles. The molecule has 0 radical (unpaired) electrons. The van der Waals surface area contributed by atoms with Gasteiger partial charge in [0.1, 0.15) is 11.6 Å². The maximum absolute atomic E-state index is 14.0. The molecule has 1 N–H and O–H groups in total. The van der Waals surface area contributed by atoms with E-state index >= 15 is 0 Å². The molecule has 1 nitrogen and oxygen atoms in total. The van der Waals surface area contributed by atoms with E-state index in [2.05, 4.69) is 5.32 Å². The van der Waals surface area contributed by atoms with Gasteiger partial charge in [-0.05, 0) is 42.8 Å². The van der Waals surface area contributed by atoms with Gasteiger partial charge in [-0.1, -0.05) is 36.7 Å². The van der Waals surface area contributed by atoms with Crippen molar-refractivity contribution in [3.63, 3.8) is 0 Å². The molecule has 20 heavy (non-hydrogen) atoms. The summed E-state index contributed by atoms with van der Waals surface area (Å²) in [6.45, 7) is 2.64. The average molecular weight is 296 g/mol. The van der Waals surface area contributed by atoms with Crippen LogP contribution in [0.4, 0.5) is 8.78 Å². The van der Waals surface area contributed by atoms with E-state index in [9.17, 15) is 8.78 Å². The van der Waals surface area contributed by atoms with E-state index in [1.54, 1.807) is 24.3 Å². The highest BCUT2D eigenvalue weighted by molar-refractivity contribution is 6.31. The Hall–Kier alpha value is -1.45. The number of likely N-dealkylation sites (N-methyl/N-ethyl adjacent to an activating group) is 1. The molecule has 0 heterocycles. The first-order valence-electron chi connectivity index (χ1n) is 6.53. The number of hydrogen-bond acceptors (Lipinski definition) is 1. The van der Waals surface area contributed by atoms with Gasteiger partial charge in [-0.15, -0.1) is 0 Å². The summed E-state index contributed by atoms with van der Waals surface area (Å²) in [5.74, 6) is -0.608. The van der Waals surface area contributed by atoms with Crippen LogP contribution in [0.2, 0.25) is 5.02 Å². The third-order valence-electron chi connectivity index (χ3n) is 3.15. The number of rotatable bonds is 5. The maximum atomic E-state index is 14.0. The lowest BCUT2D eigenvalue weighted by Crippen LogP contribution is -2.24. The lowest BCUT2D eigenvalue weighted by Gasteiger charge is -2.20. The van der Waals surface area contributed by atoms with E-state index in [1.165, 1.54) is 18.2 Å². The topological polar surface area (TPSA) is 12.0 Å². The molecule has 1 unspecified atom stereocenters. The fourth-order valence-electron chi connectivity index (χ4n) is 2.22. The molecule has 0 aromatic heterocycles. The van der Waals surface area contributed by atoms with Gasteiger partial charge in [0.05, 0.1) is 0 Å². The molecule has 106 valence electrons. The predicted octanol–water partition coefficient (Wildman–Crippen LogP) is 4.51. The highest BCUT2D eigenvalue weighted by Gasteiger charge is 2.18. The highest BCUT2D eigenvalue weighted by atomic mass is 35.5. The second kappa shape index (κ2) is 6.82. The van der Waals surface area contributed by atoms with E-state index in [-0.39, 0.29) is 17.7 Å². The fraction of sp³-hybridized carbons (Fsp3) is 0.250. The zero-order valence-corrected chi connectivity index (χ0v) is 11.9. The average Bonchev–Trinajstić information content (AvgIpc) is 2.41. The van der Waals surface area contributed by atoms with Gasteiger partial charge in [-0.2, -0.15) is 0 Å². The first-order valence-corrected chi connectivity index (χ1v) is 6.91. The molecule has 0 saturated carbocycles. The zero-order chi connectivity index (χ0) is 14.5. The largest absolute Gasteiger partial charge is 0.310 e. The third kappa shape index (κ3) is 3.56. The van der Waals surface area contributed by atoms with Crippen molar-refractivity contribution in [3.8, 4) is 0 Å². The van der Waals surface area contributed by atoms with Crippen LogP contribution in [-0.2, 0) is 6.42 Å². The summed E-state index contributed by atoms with van der Waals surface area (Å²) in [6, 6.07) is 10.6. The summed E-state index contributed by atoms with van der Waals surface area (Å²) < 4.78 is 26.9. The van der Waals surface area contributed by atoms with Crippen molar-refractivity contribution >= 4 is 11.6 Å². The highest BCUT2D eigenvalue weighted by Crippen LogP contribution is 2.28. The molecule has 2 aromatic rings. The molecule has 0 fully saturated rings. The van der Waals surface area contributed by atoms with Crippen molar-refractivity contribution in [3.05, 3.63) is 70.2 Å². The maximum Gasteiger partial charge on any atom is 0.129 e. The molecule has 0 aliphatic carbocycles. The van der Waals surface area contributed by atoms with E-state index in [1.807, 2.05) is 6.92 Å². The Labute approximate surface area is 122 Å². The number of halogens is 3. The molecular weight excluding hydrogens is 280 g/mol. The van der Waals surface area contributed by atoms with Crippen LogP contribution in [0.3, 0.4) is 0 Å². The Morgan fingerprint density at radius 1 is 1.10 bits per heavy atom. The predicted molar refractivity (Wildman–Crippen MR) is 77.9 cm³/mol. The Kier molecular flexibility index (Phi) is 5.10. The Bertz CT molecular complexity index is 549. The van der Waals surface area contributed by atoms with E-state index < -0.39 is 0 Å². The van der Waals surface area contributed by atoms with Gasteiger partial charge in [-0.25, -0.2) is 8.78 Å². The molecule has 4 heteroatoms. The minimum Gasteiger partial charge on any atom is -0.310 e. The van der Waals surface area contributed by atoms with E-state index in [0.717, 1.165) is 5.56 Å². The van der Waals surface area contributed by atoms with Crippen LogP contribution in [0, 0.1) is 11.6 Å². The van der Waals surface area contributed by atoms with Crippen LogP contribution < -0.4 is 5.32 Å². The lowest BCUT2D eigenvalue weighted by atomic mass is 9.98. The van der Waals surface area contributed by atoms with Crippen molar-refractivity contribution in [1.82, 2.24) is 5.32 Å². The summed E-state index contributed by atoms with van der Waals surface area (Å²) in [5, 5.41) is 3.63. The SMILES string of the molecule is CCNC(Cc1ccc(F)cc1)c1c(F)cccc1Cl. The molecule has 1 atom stereocenters. The lowest BCUT2D eigenvalue weighted by molar-refractivity contribution is 0.510. The van der Waals surface area contributed by atoms with Gasteiger partial charge in [0.2, 0.25) is 0 Å². The summed E-state index contributed by atoms with van der Waals surface area (Å²) >= 11 is 6.11. The Balaban J connectivity index is 2.29. The summed E-state index contributed by atoms with van der Waals surface area (Å²) in [4.78, 5) is 0. The minimum atomic E-state index is -0.328. The van der Waals surface area contributed by atoms with Crippen LogP contribution in [0.5, 0.6) is 0 Å². The fourth-order valence-corrected chi connectivity index (χ4v) is 2.52. The first-order chi connectivity index (χ1) is 9.61. The van der Waals surface area contributed by atoms with Crippen LogP contribution in [0.25, 0.3) is 0 Å². The molecule has 2 rings (SSSR count). The molecule has 0 aliphatic heterocycles. The third-order valence-corrected chi connectivity index (χ3v) is 3.48. The Morgan fingerprint density at radius 3 is 2.40 bits per heavy atom.